The summed E-state index contributed by atoms with van der Waals surface area (Å²) in [6.45, 7) is 11.3. The van der Waals surface area contributed by atoms with E-state index in [2.05, 4.69) is 15.6 Å². The Bertz CT molecular complexity index is 2850. The third-order valence-electron chi connectivity index (χ3n) is 12.6. The van der Waals surface area contributed by atoms with Gasteiger partial charge in [0, 0.05) is 31.8 Å². The highest BCUT2D eigenvalue weighted by Crippen LogP contribution is 2.40. The topological polar surface area (TPSA) is 209 Å². The fourth-order valence-corrected chi connectivity index (χ4v) is 9.98. The molecule has 386 valence electrons. The number of carbonyl (C=O) groups is 4. The Kier molecular flexibility index (Phi) is 17.5. The number of halogens is 3. The number of carbonyl (C=O) groups excluding carboxylic acids is 4. The molecular weight excluding hydrogens is 984 g/mol. The van der Waals surface area contributed by atoms with Crippen molar-refractivity contribution < 1.29 is 52.4 Å². The standard InChI is InChI=1S/C53H56F3N7O7S2.H2O/c1-32-45(72-31-59-32)36-11-9-33(10-12-36)28-58-47(66)43-26-40(64)29-61(43)48(67)46(51(2,3)4)60-44(65)30-69-23-7-8-24-70-41-21-16-35(17-22-41)34-13-18-38(19-14-34)63-50(71)62(49(68)52(63,5)6)39-20-15-37(27-57)42(25-39)53(54,55)56;/h9-22,25,31,40,43,46,64H,7-8,23-24,26,28-30H2,1-6H3,(H,58,66)(H,60,65);1H2/t40-,43+,46-;/m1./s1. The lowest BCUT2D eigenvalue weighted by atomic mass is 9.85. The number of rotatable bonds is 17. The summed E-state index contributed by atoms with van der Waals surface area (Å²) in [7, 11) is 0. The van der Waals surface area contributed by atoms with Crippen molar-refractivity contribution in [1.82, 2.24) is 20.5 Å². The molecule has 0 aliphatic carbocycles. The number of hydrogen-bond acceptors (Lipinski definition) is 11. The van der Waals surface area contributed by atoms with Gasteiger partial charge in [-0.15, -0.1) is 11.3 Å². The van der Waals surface area contributed by atoms with Crippen LogP contribution in [0.1, 0.15) is 76.3 Å². The summed E-state index contributed by atoms with van der Waals surface area (Å²) in [6, 6.07) is 25.3. The summed E-state index contributed by atoms with van der Waals surface area (Å²) in [5, 5.41) is 25.5. The van der Waals surface area contributed by atoms with E-state index in [1.807, 2.05) is 88.4 Å². The maximum absolute atomic E-state index is 14.0. The normalized spacial score (nSPS) is 17.0. The van der Waals surface area contributed by atoms with Crippen LogP contribution in [-0.4, -0.2) is 99.3 Å². The summed E-state index contributed by atoms with van der Waals surface area (Å²) >= 11 is 7.23. The molecule has 7 rings (SSSR count). The number of nitrogens with zero attached hydrogens (tertiary/aromatic N) is 5. The van der Waals surface area contributed by atoms with E-state index in [1.54, 1.807) is 53.8 Å². The maximum atomic E-state index is 14.0. The number of alkyl halides is 3. The van der Waals surface area contributed by atoms with E-state index in [9.17, 15) is 42.7 Å². The van der Waals surface area contributed by atoms with E-state index in [0.717, 1.165) is 49.9 Å². The maximum Gasteiger partial charge on any atom is 0.417 e. The van der Waals surface area contributed by atoms with Crippen molar-refractivity contribution in [1.29, 1.82) is 5.26 Å². The number of aliphatic hydroxyl groups excluding tert-OH is 1. The third-order valence-corrected chi connectivity index (χ3v) is 13.9. The van der Waals surface area contributed by atoms with Crippen molar-refractivity contribution >= 4 is 63.7 Å². The number of ether oxygens (including phenoxy) is 2. The number of aliphatic hydroxyl groups is 1. The number of likely N-dealkylation sites (tertiary alicyclic amines) is 1. The predicted molar refractivity (Wildman–Crippen MR) is 275 cm³/mol. The van der Waals surface area contributed by atoms with Gasteiger partial charge < -0.3 is 40.5 Å². The van der Waals surface area contributed by atoms with Crippen LogP contribution in [0, 0.1) is 23.7 Å². The monoisotopic (exact) mass is 1040 g/mol. The van der Waals surface area contributed by atoms with Crippen molar-refractivity contribution in [2.24, 2.45) is 5.41 Å². The number of unbranched alkanes of at least 4 members (excludes halogenated alkanes) is 1. The van der Waals surface area contributed by atoms with E-state index in [-0.39, 0.29) is 54.9 Å². The van der Waals surface area contributed by atoms with E-state index >= 15 is 0 Å². The minimum absolute atomic E-state index is 0. The van der Waals surface area contributed by atoms with Gasteiger partial charge in [-0.3, -0.25) is 24.1 Å². The van der Waals surface area contributed by atoms with E-state index < -0.39 is 64.2 Å². The molecule has 1 aromatic heterocycles. The quantitative estimate of drug-likeness (QED) is 0.0606. The third kappa shape index (κ3) is 12.7. The number of thiocarbonyl (C=S) groups is 1. The molecule has 5 N–H and O–H groups in total. The fourth-order valence-electron chi connectivity index (χ4n) is 8.65. The Hall–Kier alpha value is -6.76. The number of nitriles is 1. The van der Waals surface area contributed by atoms with Gasteiger partial charge in [0.05, 0.1) is 51.7 Å². The molecule has 2 fully saturated rings. The first-order valence-corrected chi connectivity index (χ1v) is 24.6. The lowest BCUT2D eigenvalue weighted by molar-refractivity contribution is -0.144. The fraction of sp³-hybridized carbons (Fsp3) is 0.377. The van der Waals surface area contributed by atoms with Crippen molar-refractivity contribution in [3.63, 3.8) is 0 Å². The Balaban J connectivity index is 0.00000869. The van der Waals surface area contributed by atoms with Crippen LogP contribution in [0.4, 0.5) is 24.5 Å². The molecule has 3 atom stereocenters. The average molecular weight is 1040 g/mol. The number of aryl methyl sites for hydroxylation is 1. The second kappa shape index (κ2) is 23.0. The van der Waals surface area contributed by atoms with Crippen LogP contribution < -0.4 is 25.2 Å². The first-order chi connectivity index (χ1) is 34.1. The van der Waals surface area contributed by atoms with Crippen molar-refractivity contribution in [3.8, 4) is 33.4 Å². The molecule has 2 saturated heterocycles. The second-order valence-corrected chi connectivity index (χ2v) is 20.5. The van der Waals surface area contributed by atoms with Gasteiger partial charge in [-0.25, -0.2) is 4.98 Å². The highest BCUT2D eigenvalue weighted by molar-refractivity contribution is 7.81. The zero-order valence-electron chi connectivity index (χ0n) is 41.2. The van der Waals surface area contributed by atoms with Gasteiger partial charge in [-0.05, 0) is 116 Å². The molecule has 2 aliphatic rings. The molecule has 73 heavy (non-hydrogen) atoms. The molecule has 0 unspecified atom stereocenters. The molecule has 15 nitrogen and oxygen atoms in total. The predicted octanol–water partition coefficient (Wildman–Crippen LogP) is 7.75. The molecule has 0 radical (unpaired) electrons. The van der Waals surface area contributed by atoms with Gasteiger partial charge in [0.2, 0.25) is 17.7 Å². The van der Waals surface area contributed by atoms with Crippen molar-refractivity contribution in [2.75, 3.05) is 36.2 Å². The van der Waals surface area contributed by atoms with Gasteiger partial charge in [0.1, 0.15) is 30.0 Å². The number of anilines is 2. The van der Waals surface area contributed by atoms with Gasteiger partial charge in [0.25, 0.3) is 5.91 Å². The molecule has 2 aliphatic heterocycles. The number of β-amino-alcohol motifs (C(OH)–C–C–N with tert-alkyl or cyclic N) is 1. The number of nitrogens with one attached hydrogen (secondary N) is 2. The molecular formula is C53H58F3N7O8S2. The highest BCUT2D eigenvalue weighted by atomic mass is 32.1. The largest absolute Gasteiger partial charge is 0.494 e. The zero-order chi connectivity index (χ0) is 52.1. The Morgan fingerprint density at radius 2 is 1.56 bits per heavy atom. The second-order valence-electron chi connectivity index (χ2n) is 19.3. The molecule has 4 amide bonds. The average Bonchev–Trinajstić information content (AvgIpc) is 4.01. The minimum Gasteiger partial charge on any atom is -0.494 e. The minimum atomic E-state index is -4.81. The SMILES string of the molecule is Cc1ncsc1-c1ccc(CNC(=O)[C@@H]2C[C@@H](O)CN2C(=O)[C@@H](NC(=O)COCCCCOc2ccc(-c3ccc(N4C(=S)N(c5ccc(C#N)c(C(F)(F)F)c5)C(=O)C4(C)C)cc3)cc2)C(C)(C)C)cc1.O. The Morgan fingerprint density at radius 3 is 2.16 bits per heavy atom. The van der Waals surface area contributed by atoms with Crippen LogP contribution in [-0.2, 0) is 36.6 Å². The summed E-state index contributed by atoms with van der Waals surface area (Å²) in [6.07, 6.45) is -4.39. The van der Waals surface area contributed by atoms with Gasteiger partial charge >= 0.3 is 6.18 Å². The molecule has 3 heterocycles. The van der Waals surface area contributed by atoms with Crippen LogP contribution in [0.15, 0.2) is 96.5 Å². The summed E-state index contributed by atoms with van der Waals surface area (Å²) < 4.78 is 52.9. The van der Waals surface area contributed by atoms with Crippen molar-refractivity contribution in [3.05, 3.63) is 119 Å². The first-order valence-electron chi connectivity index (χ1n) is 23.3. The highest BCUT2D eigenvalue weighted by Gasteiger charge is 2.51. The lowest BCUT2D eigenvalue weighted by Gasteiger charge is -2.35. The zero-order valence-corrected chi connectivity index (χ0v) is 42.8. The van der Waals surface area contributed by atoms with Gasteiger partial charge in [0.15, 0.2) is 5.11 Å². The molecule has 0 bridgehead atoms. The number of hydrogen-bond donors (Lipinski definition) is 3. The number of benzene rings is 4. The van der Waals surface area contributed by atoms with E-state index in [1.165, 1.54) is 11.0 Å². The van der Waals surface area contributed by atoms with Crippen LogP contribution in [0.2, 0.25) is 0 Å². The molecule has 4 aromatic carbocycles. The summed E-state index contributed by atoms with van der Waals surface area (Å²) in [5.41, 5.74) is 3.23. The van der Waals surface area contributed by atoms with Crippen molar-refractivity contribution in [2.45, 2.75) is 97.3 Å². The lowest BCUT2D eigenvalue weighted by Crippen LogP contribution is -2.58. The molecule has 5 aromatic rings. The van der Waals surface area contributed by atoms with Crippen LogP contribution >= 0.6 is 23.6 Å². The number of amides is 4. The Labute approximate surface area is 431 Å². The summed E-state index contributed by atoms with van der Waals surface area (Å²) in [5.74, 6) is -1.20. The van der Waals surface area contributed by atoms with Crippen LogP contribution in [0.3, 0.4) is 0 Å². The first kappa shape index (κ1) is 55.6. The summed E-state index contributed by atoms with van der Waals surface area (Å²) in [4.78, 5) is 63.6. The van der Waals surface area contributed by atoms with E-state index in [4.69, 9.17) is 21.7 Å². The Morgan fingerprint density at radius 1 is 0.945 bits per heavy atom. The molecule has 0 saturated carbocycles. The van der Waals surface area contributed by atoms with E-state index in [0.29, 0.717) is 30.9 Å². The smallest absolute Gasteiger partial charge is 0.417 e. The van der Waals surface area contributed by atoms with Gasteiger partial charge in [-0.1, -0.05) is 69.3 Å². The van der Waals surface area contributed by atoms with Crippen LogP contribution in [0.25, 0.3) is 21.6 Å². The molecule has 20 heteroatoms. The number of thiazole rings is 1. The van der Waals surface area contributed by atoms with Crippen LogP contribution in [0.5, 0.6) is 5.75 Å². The van der Waals surface area contributed by atoms with Gasteiger partial charge in [-0.2, -0.15) is 18.4 Å². The number of aromatic nitrogens is 1. The molecule has 0 spiro atoms.